The molecule has 0 heterocycles. The van der Waals surface area contributed by atoms with Gasteiger partial charge in [-0.1, -0.05) is 30.3 Å². The third-order valence-electron chi connectivity index (χ3n) is 2.77. The minimum atomic E-state index is -1.48. The van der Waals surface area contributed by atoms with Gasteiger partial charge in [0.25, 0.3) is 0 Å². The van der Waals surface area contributed by atoms with Crippen molar-refractivity contribution in [3.8, 4) is 0 Å². The van der Waals surface area contributed by atoms with Crippen LogP contribution >= 0.6 is 0 Å². The zero-order chi connectivity index (χ0) is 18.3. The van der Waals surface area contributed by atoms with Gasteiger partial charge in [0.05, 0.1) is 22.7 Å². The van der Waals surface area contributed by atoms with E-state index in [2.05, 4.69) is 0 Å². The molecule has 2 aromatic carbocycles. The summed E-state index contributed by atoms with van der Waals surface area (Å²) in [6, 6.07) is 10.8. The average molecular weight is 563 g/mol. The Morgan fingerprint density at radius 2 is 0.840 bits per heavy atom. The van der Waals surface area contributed by atoms with Gasteiger partial charge in [-0.15, -0.1) is 0 Å². The van der Waals surface area contributed by atoms with Crippen molar-refractivity contribution in [2.75, 3.05) is 0 Å². The zero-order valence-electron chi connectivity index (χ0n) is 12.5. The molecule has 0 fully saturated rings. The first kappa shape index (κ1) is 22.6. The number of carbonyl (C=O) groups is 4. The molecule has 0 aliphatic rings. The van der Waals surface area contributed by atoms with Gasteiger partial charge in [-0.25, -0.2) is 14.4 Å². The van der Waals surface area contributed by atoms with Gasteiger partial charge in [0.1, 0.15) is 0 Å². The minimum Gasteiger partial charge on any atom is -0.545 e. The van der Waals surface area contributed by atoms with Crippen LogP contribution in [-0.2, 0) is 0 Å². The zero-order valence-corrected chi connectivity index (χ0v) is 16.6. The standard InChI is InChI=1S/2C8H6O4.Th/c2*9-7(10)5-3-1-2-4-6(5)8(11)12;/h2*1-4H,(H,9,10)(H,11,12);/p-1. The van der Waals surface area contributed by atoms with Gasteiger partial charge in [-0.2, -0.15) is 0 Å². The molecule has 0 amide bonds. The van der Waals surface area contributed by atoms with Crippen LogP contribution in [-0.4, -0.2) is 39.2 Å². The van der Waals surface area contributed by atoms with Crippen molar-refractivity contribution < 1.29 is 79.5 Å². The van der Waals surface area contributed by atoms with E-state index in [1.807, 2.05) is 0 Å². The fourth-order valence-corrected chi connectivity index (χ4v) is 1.70. The van der Waals surface area contributed by atoms with E-state index in [-0.39, 0.29) is 62.2 Å². The first-order valence-electron chi connectivity index (χ1n) is 6.35. The number of carboxylic acids is 4. The van der Waals surface area contributed by atoms with Crippen molar-refractivity contribution >= 4 is 23.9 Å². The predicted molar refractivity (Wildman–Crippen MR) is 78.1 cm³/mol. The molecule has 0 radical (unpaired) electrons. The number of aromatic carboxylic acids is 4. The Hall–Kier alpha value is -2.36. The van der Waals surface area contributed by atoms with E-state index >= 15 is 0 Å². The summed E-state index contributed by atoms with van der Waals surface area (Å²) in [5.74, 6) is -5.20. The maximum absolute atomic E-state index is 10.5. The molecule has 0 spiro atoms. The molecule has 0 atom stereocenters. The smallest absolute Gasteiger partial charge is 0.336 e. The van der Waals surface area contributed by atoms with Gasteiger partial charge in [0, 0.05) is 45.5 Å². The molecule has 0 bridgehead atoms. The van der Waals surface area contributed by atoms with Crippen LogP contribution in [0.3, 0.4) is 0 Å². The molecule has 0 aliphatic heterocycles. The molecule has 2 rings (SSSR count). The number of rotatable bonds is 4. The van der Waals surface area contributed by atoms with E-state index in [1.165, 1.54) is 48.5 Å². The minimum absolute atomic E-state index is 0. The van der Waals surface area contributed by atoms with Gasteiger partial charge < -0.3 is 25.2 Å². The van der Waals surface area contributed by atoms with Crippen LogP contribution in [0.15, 0.2) is 48.5 Å². The summed E-state index contributed by atoms with van der Waals surface area (Å²) in [5, 5.41) is 36.0. The van der Waals surface area contributed by atoms with Crippen molar-refractivity contribution in [2.45, 2.75) is 0 Å². The monoisotopic (exact) mass is 563 g/mol. The normalized spacial score (nSPS) is 8.96. The van der Waals surface area contributed by atoms with E-state index in [1.54, 1.807) is 0 Å². The largest absolute Gasteiger partial charge is 0.545 e. The molecule has 0 saturated heterocycles. The van der Waals surface area contributed by atoms with Crippen molar-refractivity contribution in [2.24, 2.45) is 0 Å². The van der Waals surface area contributed by atoms with Crippen LogP contribution in [0.4, 0.5) is 0 Å². The van der Waals surface area contributed by atoms with Crippen LogP contribution in [0, 0.1) is 39.9 Å². The van der Waals surface area contributed by atoms with E-state index in [9.17, 15) is 24.3 Å². The molecule has 9 heteroatoms. The second kappa shape index (κ2) is 10.5. The van der Waals surface area contributed by atoms with Gasteiger partial charge in [-0.05, 0) is 18.2 Å². The Kier molecular flexibility index (Phi) is 9.51. The molecular weight excluding hydrogens is 552 g/mol. The second-order valence-electron chi connectivity index (χ2n) is 4.29. The average Bonchev–Trinajstić information content (AvgIpc) is 2.55. The summed E-state index contributed by atoms with van der Waals surface area (Å²) in [6.07, 6.45) is 0. The van der Waals surface area contributed by atoms with Gasteiger partial charge in [0.2, 0.25) is 0 Å². The van der Waals surface area contributed by atoms with Crippen LogP contribution in [0.1, 0.15) is 41.4 Å². The van der Waals surface area contributed by atoms with Crippen molar-refractivity contribution in [1.82, 2.24) is 0 Å². The van der Waals surface area contributed by atoms with Crippen LogP contribution < -0.4 is 5.11 Å². The van der Waals surface area contributed by atoms with E-state index in [0.29, 0.717) is 0 Å². The molecule has 2 aromatic rings. The van der Waals surface area contributed by atoms with E-state index in [4.69, 9.17) is 15.3 Å². The van der Waals surface area contributed by atoms with Crippen molar-refractivity contribution in [3.63, 3.8) is 0 Å². The summed E-state index contributed by atoms with van der Waals surface area (Å²) in [4.78, 5) is 41.7. The van der Waals surface area contributed by atoms with E-state index < -0.39 is 23.9 Å². The summed E-state index contributed by atoms with van der Waals surface area (Å²) in [7, 11) is 0. The SMILES string of the molecule is O=C(O)c1ccccc1C(=O)O.O=C([O-])c1ccccc1C(=O)O.[Th]. The molecule has 25 heavy (non-hydrogen) atoms. The Bertz CT molecular complexity index is 667. The van der Waals surface area contributed by atoms with E-state index in [0.717, 1.165) is 0 Å². The maximum atomic E-state index is 10.5. The predicted octanol–water partition coefficient (Wildman–Crippen LogP) is 0.831. The Morgan fingerprint density at radius 1 is 0.600 bits per heavy atom. The van der Waals surface area contributed by atoms with Gasteiger partial charge in [0.15, 0.2) is 0 Å². The molecular formula is C16H11O8Th-. The van der Waals surface area contributed by atoms with Crippen molar-refractivity contribution in [1.29, 1.82) is 0 Å². The van der Waals surface area contributed by atoms with Gasteiger partial charge in [-0.3, -0.25) is 0 Å². The Balaban J connectivity index is 0.000000443. The van der Waals surface area contributed by atoms with Crippen LogP contribution in [0.25, 0.3) is 0 Å². The number of carbonyl (C=O) groups excluding carboxylic acids is 1. The third-order valence-corrected chi connectivity index (χ3v) is 2.77. The molecule has 0 aliphatic carbocycles. The molecule has 0 unspecified atom stereocenters. The third kappa shape index (κ3) is 6.57. The molecule has 8 nitrogen and oxygen atoms in total. The fraction of sp³-hybridized carbons (Fsp3) is 0. The quantitative estimate of drug-likeness (QED) is 0.495. The maximum Gasteiger partial charge on any atom is 0.336 e. The van der Waals surface area contributed by atoms with Gasteiger partial charge >= 0.3 is 17.9 Å². The number of benzene rings is 2. The Morgan fingerprint density at radius 3 is 1.04 bits per heavy atom. The number of hydrogen-bond acceptors (Lipinski definition) is 5. The summed E-state index contributed by atoms with van der Waals surface area (Å²) in [6.45, 7) is 0. The van der Waals surface area contributed by atoms with Crippen molar-refractivity contribution in [3.05, 3.63) is 70.8 Å². The van der Waals surface area contributed by atoms with Crippen LogP contribution in [0.2, 0.25) is 0 Å². The molecule has 3 N–H and O–H groups in total. The fourth-order valence-electron chi connectivity index (χ4n) is 1.70. The second-order valence-corrected chi connectivity index (χ2v) is 4.29. The summed E-state index contributed by atoms with van der Waals surface area (Å²) in [5.41, 5.74) is -0.933. The summed E-state index contributed by atoms with van der Waals surface area (Å²) >= 11 is 0. The first-order chi connectivity index (χ1) is 11.3. The van der Waals surface area contributed by atoms with Crippen LogP contribution in [0.5, 0.6) is 0 Å². The Labute approximate surface area is 173 Å². The summed E-state index contributed by atoms with van der Waals surface area (Å²) < 4.78 is 0. The number of hydrogen-bond donors (Lipinski definition) is 3. The molecule has 0 aromatic heterocycles. The molecule has 128 valence electrons. The number of carboxylic acid groups (broad SMARTS) is 4. The molecule has 0 saturated carbocycles. The first-order valence-corrected chi connectivity index (χ1v) is 6.35. The topological polar surface area (TPSA) is 152 Å².